The molecule has 0 radical (unpaired) electrons. The van der Waals surface area contributed by atoms with Gasteiger partial charge in [-0.2, -0.15) is 0 Å². The highest BCUT2D eigenvalue weighted by molar-refractivity contribution is 5.40. The molecular formula is C15H17NO. The number of benzene rings is 2. The number of aryl methyl sites for hydroxylation is 1. The molecule has 0 unspecified atom stereocenters. The summed E-state index contributed by atoms with van der Waals surface area (Å²) in [7, 11) is 0. The van der Waals surface area contributed by atoms with Crippen LogP contribution in [0.25, 0.3) is 0 Å². The van der Waals surface area contributed by atoms with Gasteiger partial charge < -0.3 is 10.5 Å². The van der Waals surface area contributed by atoms with Gasteiger partial charge in [0.05, 0.1) is 0 Å². The van der Waals surface area contributed by atoms with Crippen LogP contribution in [0.1, 0.15) is 24.1 Å². The first kappa shape index (κ1) is 11.7. The Bertz CT molecular complexity index is 506. The summed E-state index contributed by atoms with van der Waals surface area (Å²) in [6.07, 6.45) is 0. The minimum atomic E-state index is -0.0315. The van der Waals surface area contributed by atoms with Crippen LogP contribution in [-0.4, -0.2) is 0 Å². The third kappa shape index (κ3) is 2.86. The fourth-order valence-electron chi connectivity index (χ4n) is 1.76. The van der Waals surface area contributed by atoms with E-state index in [0.717, 1.165) is 17.1 Å². The quantitative estimate of drug-likeness (QED) is 0.865. The Hall–Kier alpha value is -1.80. The summed E-state index contributed by atoms with van der Waals surface area (Å²) in [5.41, 5.74) is 8.12. The number of para-hydroxylation sites is 1. The third-order valence-electron chi connectivity index (χ3n) is 2.63. The molecule has 0 aliphatic heterocycles. The monoisotopic (exact) mass is 227 g/mol. The van der Waals surface area contributed by atoms with Crippen molar-refractivity contribution < 1.29 is 4.74 Å². The van der Waals surface area contributed by atoms with Crippen LogP contribution >= 0.6 is 0 Å². The number of ether oxygens (including phenoxy) is 1. The van der Waals surface area contributed by atoms with Crippen LogP contribution in [0.4, 0.5) is 0 Å². The fraction of sp³-hybridized carbons (Fsp3) is 0.200. The van der Waals surface area contributed by atoms with Crippen LogP contribution in [0.2, 0.25) is 0 Å². The summed E-state index contributed by atoms with van der Waals surface area (Å²) < 4.78 is 5.87. The summed E-state index contributed by atoms with van der Waals surface area (Å²) in [6, 6.07) is 15.8. The van der Waals surface area contributed by atoms with Crippen LogP contribution in [-0.2, 0) is 0 Å². The normalized spacial score (nSPS) is 12.2. The second-order valence-corrected chi connectivity index (χ2v) is 4.25. The summed E-state index contributed by atoms with van der Waals surface area (Å²) >= 11 is 0. The van der Waals surface area contributed by atoms with Gasteiger partial charge in [-0.3, -0.25) is 0 Å². The Morgan fingerprint density at radius 2 is 1.82 bits per heavy atom. The lowest BCUT2D eigenvalue weighted by molar-refractivity contribution is 0.472. The van der Waals surface area contributed by atoms with Crippen molar-refractivity contribution in [3.8, 4) is 11.5 Å². The second kappa shape index (κ2) is 5.02. The molecule has 2 N–H and O–H groups in total. The van der Waals surface area contributed by atoms with Gasteiger partial charge in [0.15, 0.2) is 0 Å². The SMILES string of the molecule is Cc1cccc(Oc2ccccc2[C@@H](C)N)c1. The summed E-state index contributed by atoms with van der Waals surface area (Å²) in [4.78, 5) is 0. The lowest BCUT2D eigenvalue weighted by atomic mass is 10.1. The zero-order chi connectivity index (χ0) is 12.3. The van der Waals surface area contributed by atoms with E-state index in [9.17, 15) is 0 Å². The summed E-state index contributed by atoms with van der Waals surface area (Å²) in [5.74, 6) is 1.67. The highest BCUT2D eigenvalue weighted by Gasteiger charge is 2.07. The Morgan fingerprint density at radius 1 is 1.06 bits per heavy atom. The van der Waals surface area contributed by atoms with Crippen molar-refractivity contribution in [1.82, 2.24) is 0 Å². The van der Waals surface area contributed by atoms with Crippen LogP contribution in [0.15, 0.2) is 48.5 Å². The van der Waals surface area contributed by atoms with Gasteiger partial charge in [0.25, 0.3) is 0 Å². The molecule has 0 saturated carbocycles. The molecular weight excluding hydrogens is 210 g/mol. The first-order chi connectivity index (χ1) is 8.16. The number of hydrogen-bond acceptors (Lipinski definition) is 2. The smallest absolute Gasteiger partial charge is 0.132 e. The average Bonchev–Trinajstić information content (AvgIpc) is 2.29. The number of hydrogen-bond donors (Lipinski definition) is 1. The molecule has 2 aromatic rings. The summed E-state index contributed by atoms with van der Waals surface area (Å²) in [5, 5.41) is 0. The Labute approximate surface area is 102 Å². The molecule has 0 fully saturated rings. The topological polar surface area (TPSA) is 35.2 Å². The molecule has 2 nitrogen and oxygen atoms in total. The van der Waals surface area contributed by atoms with Gasteiger partial charge in [0.2, 0.25) is 0 Å². The van der Waals surface area contributed by atoms with E-state index in [1.165, 1.54) is 5.56 Å². The van der Waals surface area contributed by atoms with Crippen molar-refractivity contribution in [2.75, 3.05) is 0 Å². The van der Waals surface area contributed by atoms with Crippen LogP contribution < -0.4 is 10.5 Å². The molecule has 0 saturated heterocycles. The average molecular weight is 227 g/mol. The predicted octanol–water partition coefficient (Wildman–Crippen LogP) is 3.81. The van der Waals surface area contributed by atoms with Gasteiger partial charge in [-0.15, -0.1) is 0 Å². The van der Waals surface area contributed by atoms with E-state index in [1.807, 2.05) is 62.4 Å². The zero-order valence-electron chi connectivity index (χ0n) is 10.2. The maximum atomic E-state index is 5.92. The minimum Gasteiger partial charge on any atom is -0.457 e. The second-order valence-electron chi connectivity index (χ2n) is 4.25. The molecule has 1 atom stereocenters. The first-order valence-electron chi connectivity index (χ1n) is 5.76. The van der Waals surface area contributed by atoms with Gasteiger partial charge in [-0.05, 0) is 37.6 Å². The molecule has 0 bridgehead atoms. The van der Waals surface area contributed by atoms with E-state index in [1.54, 1.807) is 0 Å². The van der Waals surface area contributed by atoms with Crippen molar-refractivity contribution in [1.29, 1.82) is 0 Å². The first-order valence-corrected chi connectivity index (χ1v) is 5.76. The van der Waals surface area contributed by atoms with E-state index in [-0.39, 0.29) is 6.04 Å². The third-order valence-corrected chi connectivity index (χ3v) is 2.63. The van der Waals surface area contributed by atoms with E-state index < -0.39 is 0 Å². The van der Waals surface area contributed by atoms with Gasteiger partial charge in [0.1, 0.15) is 11.5 Å². The van der Waals surface area contributed by atoms with E-state index in [4.69, 9.17) is 10.5 Å². The van der Waals surface area contributed by atoms with Gasteiger partial charge in [-0.25, -0.2) is 0 Å². The molecule has 0 spiro atoms. The van der Waals surface area contributed by atoms with Crippen molar-refractivity contribution in [2.45, 2.75) is 19.9 Å². The van der Waals surface area contributed by atoms with Crippen LogP contribution in [0.5, 0.6) is 11.5 Å². The molecule has 2 aromatic carbocycles. The van der Waals surface area contributed by atoms with Crippen molar-refractivity contribution in [2.24, 2.45) is 5.73 Å². The maximum Gasteiger partial charge on any atom is 0.132 e. The van der Waals surface area contributed by atoms with Crippen molar-refractivity contribution in [3.63, 3.8) is 0 Å². The van der Waals surface area contributed by atoms with E-state index >= 15 is 0 Å². The molecule has 0 aromatic heterocycles. The Morgan fingerprint density at radius 3 is 2.53 bits per heavy atom. The fourth-order valence-corrected chi connectivity index (χ4v) is 1.76. The molecule has 2 heteroatoms. The standard InChI is InChI=1S/C15H17NO/c1-11-6-5-7-13(10-11)17-15-9-4-3-8-14(15)12(2)16/h3-10,12H,16H2,1-2H3/t12-/m1/s1. The zero-order valence-corrected chi connectivity index (χ0v) is 10.2. The van der Waals surface area contributed by atoms with Gasteiger partial charge in [0, 0.05) is 11.6 Å². The van der Waals surface area contributed by atoms with Crippen molar-refractivity contribution in [3.05, 3.63) is 59.7 Å². The molecule has 0 aliphatic carbocycles. The highest BCUT2D eigenvalue weighted by atomic mass is 16.5. The number of nitrogens with two attached hydrogens (primary N) is 1. The predicted molar refractivity (Wildman–Crippen MR) is 70.3 cm³/mol. The molecule has 0 heterocycles. The lowest BCUT2D eigenvalue weighted by Gasteiger charge is -2.13. The van der Waals surface area contributed by atoms with Crippen molar-refractivity contribution >= 4 is 0 Å². The molecule has 0 amide bonds. The highest BCUT2D eigenvalue weighted by Crippen LogP contribution is 2.28. The van der Waals surface area contributed by atoms with Gasteiger partial charge in [-0.1, -0.05) is 30.3 Å². The Balaban J connectivity index is 2.30. The summed E-state index contributed by atoms with van der Waals surface area (Å²) in [6.45, 7) is 4.00. The van der Waals surface area contributed by atoms with Crippen LogP contribution in [0.3, 0.4) is 0 Å². The largest absolute Gasteiger partial charge is 0.457 e. The maximum absolute atomic E-state index is 5.92. The van der Waals surface area contributed by atoms with Gasteiger partial charge >= 0.3 is 0 Å². The van der Waals surface area contributed by atoms with Crippen LogP contribution in [0, 0.1) is 6.92 Å². The molecule has 88 valence electrons. The molecule has 0 aliphatic rings. The minimum absolute atomic E-state index is 0.0315. The van der Waals surface area contributed by atoms with E-state index in [0.29, 0.717) is 0 Å². The Kier molecular flexibility index (Phi) is 3.45. The van der Waals surface area contributed by atoms with E-state index in [2.05, 4.69) is 0 Å². The lowest BCUT2D eigenvalue weighted by Crippen LogP contribution is -2.06. The molecule has 2 rings (SSSR count). The number of rotatable bonds is 3. The molecule has 17 heavy (non-hydrogen) atoms.